The van der Waals surface area contributed by atoms with Gasteiger partial charge in [0.25, 0.3) is 5.91 Å². The quantitative estimate of drug-likeness (QED) is 0.789. The number of anilines is 1. The molecule has 0 aliphatic rings. The van der Waals surface area contributed by atoms with Crippen LogP contribution in [-0.4, -0.2) is 21.7 Å². The molecular weight excluding hydrogens is 218 g/mol. The van der Waals surface area contributed by atoms with E-state index in [1.165, 1.54) is 19.4 Å². The van der Waals surface area contributed by atoms with Gasteiger partial charge in [-0.25, -0.2) is 4.98 Å². The number of carbonyl (C=O) groups is 2. The minimum atomic E-state index is -0.266. The fraction of sp³-hybridized carbons (Fsp3) is 0.0833. The van der Waals surface area contributed by atoms with Crippen molar-refractivity contribution in [2.75, 3.05) is 5.32 Å². The molecule has 5 nitrogen and oxygen atoms in total. The Kier molecular flexibility index (Phi) is 3.00. The maximum Gasteiger partial charge on any atom is 0.273 e. The van der Waals surface area contributed by atoms with Gasteiger partial charge in [-0.1, -0.05) is 0 Å². The van der Waals surface area contributed by atoms with E-state index in [-0.39, 0.29) is 11.7 Å². The predicted octanol–water partition coefficient (Wildman–Crippen LogP) is 1.86. The Morgan fingerprint density at radius 1 is 1.24 bits per heavy atom. The molecule has 2 aromatic rings. The van der Waals surface area contributed by atoms with Crippen LogP contribution in [-0.2, 0) is 0 Å². The smallest absolute Gasteiger partial charge is 0.273 e. The van der Waals surface area contributed by atoms with Crippen LogP contribution in [0.5, 0.6) is 0 Å². The number of hydrogen-bond acceptors (Lipinski definition) is 3. The van der Waals surface area contributed by atoms with Gasteiger partial charge in [0.05, 0.1) is 12.5 Å². The number of amides is 1. The van der Waals surface area contributed by atoms with Crippen LogP contribution in [0.3, 0.4) is 0 Å². The lowest BCUT2D eigenvalue weighted by molar-refractivity contribution is 0.101. The topological polar surface area (TPSA) is 74.8 Å². The van der Waals surface area contributed by atoms with E-state index in [4.69, 9.17) is 0 Å². The molecule has 0 fully saturated rings. The number of H-pyrrole nitrogens is 1. The lowest BCUT2D eigenvalue weighted by Crippen LogP contribution is -2.12. The van der Waals surface area contributed by atoms with Gasteiger partial charge in [0, 0.05) is 11.3 Å². The van der Waals surface area contributed by atoms with Crippen LogP contribution in [0.25, 0.3) is 0 Å². The number of carbonyl (C=O) groups excluding carboxylic acids is 2. The second kappa shape index (κ2) is 4.61. The second-order valence-corrected chi connectivity index (χ2v) is 3.55. The van der Waals surface area contributed by atoms with Crippen molar-refractivity contribution in [2.24, 2.45) is 0 Å². The standard InChI is InChI=1S/C12H11N3O2/c1-8(16)9-2-4-10(5-3-9)15-12(17)11-6-13-7-14-11/h2-7H,1H3,(H,13,14)(H,15,17). The molecule has 0 aliphatic heterocycles. The van der Waals surface area contributed by atoms with Crippen LogP contribution in [0.1, 0.15) is 27.8 Å². The van der Waals surface area contributed by atoms with Gasteiger partial charge in [0.2, 0.25) is 0 Å². The molecule has 0 radical (unpaired) electrons. The molecular formula is C12H11N3O2. The number of aromatic amines is 1. The SMILES string of the molecule is CC(=O)c1ccc(NC(=O)c2cnc[nH]2)cc1. The zero-order chi connectivity index (χ0) is 12.3. The van der Waals surface area contributed by atoms with Crippen molar-refractivity contribution in [1.29, 1.82) is 0 Å². The maximum absolute atomic E-state index is 11.6. The Morgan fingerprint density at radius 3 is 2.47 bits per heavy atom. The first-order chi connectivity index (χ1) is 8.16. The third kappa shape index (κ3) is 2.57. The fourth-order valence-corrected chi connectivity index (χ4v) is 1.37. The van der Waals surface area contributed by atoms with Crippen LogP contribution in [0.15, 0.2) is 36.8 Å². The number of hydrogen-bond donors (Lipinski definition) is 2. The Labute approximate surface area is 97.9 Å². The first-order valence-electron chi connectivity index (χ1n) is 5.07. The maximum atomic E-state index is 11.6. The van der Waals surface area contributed by atoms with Crippen LogP contribution < -0.4 is 5.32 Å². The first-order valence-corrected chi connectivity index (χ1v) is 5.07. The van der Waals surface area contributed by atoms with E-state index in [1.54, 1.807) is 24.3 Å². The average Bonchev–Trinajstić information content (AvgIpc) is 2.83. The molecule has 86 valence electrons. The van der Waals surface area contributed by atoms with E-state index in [0.29, 0.717) is 16.9 Å². The number of nitrogens with one attached hydrogen (secondary N) is 2. The summed E-state index contributed by atoms with van der Waals surface area (Å²) in [4.78, 5) is 29.2. The highest BCUT2D eigenvalue weighted by Crippen LogP contribution is 2.11. The summed E-state index contributed by atoms with van der Waals surface area (Å²) in [7, 11) is 0. The highest BCUT2D eigenvalue weighted by Gasteiger charge is 2.07. The Morgan fingerprint density at radius 2 is 1.94 bits per heavy atom. The number of ketones is 1. The molecule has 17 heavy (non-hydrogen) atoms. The molecule has 2 N–H and O–H groups in total. The fourth-order valence-electron chi connectivity index (χ4n) is 1.37. The van der Waals surface area contributed by atoms with Gasteiger partial charge in [-0.2, -0.15) is 0 Å². The highest BCUT2D eigenvalue weighted by molar-refractivity contribution is 6.03. The van der Waals surface area contributed by atoms with Gasteiger partial charge in [0.15, 0.2) is 5.78 Å². The van der Waals surface area contributed by atoms with Gasteiger partial charge in [-0.3, -0.25) is 9.59 Å². The minimum Gasteiger partial charge on any atom is -0.341 e. The molecule has 2 rings (SSSR count). The number of aromatic nitrogens is 2. The zero-order valence-corrected chi connectivity index (χ0v) is 9.23. The summed E-state index contributed by atoms with van der Waals surface area (Å²) >= 11 is 0. The van der Waals surface area contributed by atoms with Crippen LogP contribution in [0, 0.1) is 0 Å². The van der Waals surface area contributed by atoms with Gasteiger partial charge in [0.1, 0.15) is 5.69 Å². The molecule has 5 heteroatoms. The molecule has 1 amide bonds. The molecule has 1 aromatic carbocycles. The summed E-state index contributed by atoms with van der Waals surface area (Å²) in [5, 5.41) is 2.69. The molecule has 0 unspecified atom stereocenters. The largest absolute Gasteiger partial charge is 0.341 e. The van der Waals surface area contributed by atoms with Crippen molar-refractivity contribution >= 4 is 17.4 Å². The number of nitrogens with zero attached hydrogens (tertiary/aromatic N) is 1. The van der Waals surface area contributed by atoms with E-state index < -0.39 is 0 Å². The van der Waals surface area contributed by atoms with Crippen LogP contribution in [0.4, 0.5) is 5.69 Å². The van der Waals surface area contributed by atoms with Crippen molar-refractivity contribution in [3.8, 4) is 0 Å². The minimum absolute atomic E-state index is 0.00329. The van der Waals surface area contributed by atoms with Crippen LogP contribution in [0.2, 0.25) is 0 Å². The highest BCUT2D eigenvalue weighted by atomic mass is 16.2. The lowest BCUT2D eigenvalue weighted by atomic mass is 10.1. The zero-order valence-electron chi connectivity index (χ0n) is 9.23. The van der Waals surface area contributed by atoms with Gasteiger partial charge in [-0.15, -0.1) is 0 Å². The lowest BCUT2D eigenvalue weighted by Gasteiger charge is -2.03. The first kappa shape index (κ1) is 11.1. The van der Waals surface area contributed by atoms with E-state index in [2.05, 4.69) is 15.3 Å². The van der Waals surface area contributed by atoms with Crippen molar-refractivity contribution in [3.05, 3.63) is 48.0 Å². The van der Waals surface area contributed by atoms with E-state index in [9.17, 15) is 9.59 Å². The van der Waals surface area contributed by atoms with Crippen molar-refractivity contribution < 1.29 is 9.59 Å². The van der Waals surface area contributed by atoms with Crippen molar-refractivity contribution in [3.63, 3.8) is 0 Å². The Balaban J connectivity index is 2.09. The molecule has 0 bridgehead atoms. The number of benzene rings is 1. The summed E-state index contributed by atoms with van der Waals surface area (Å²) < 4.78 is 0. The summed E-state index contributed by atoms with van der Waals surface area (Å²) in [6, 6.07) is 6.71. The van der Waals surface area contributed by atoms with Gasteiger partial charge in [-0.05, 0) is 31.2 Å². The van der Waals surface area contributed by atoms with Gasteiger partial charge < -0.3 is 10.3 Å². The summed E-state index contributed by atoms with van der Waals surface area (Å²) in [6.45, 7) is 1.50. The molecule has 0 atom stereocenters. The monoisotopic (exact) mass is 229 g/mol. The third-order valence-electron chi connectivity index (χ3n) is 2.29. The Hall–Kier alpha value is -2.43. The van der Waals surface area contributed by atoms with E-state index in [1.807, 2.05) is 0 Å². The average molecular weight is 229 g/mol. The number of Topliss-reactive ketones (excluding diaryl/α,β-unsaturated/α-hetero) is 1. The molecule has 1 heterocycles. The molecule has 0 aliphatic carbocycles. The summed E-state index contributed by atoms with van der Waals surface area (Å²) in [5.74, 6) is -0.269. The molecule has 0 spiro atoms. The third-order valence-corrected chi connectivity index (χ3v) is 2.29. The van der Waals surface area contributed by atoms with E-state index in [0.717, 1.165) is 0 Å². The second-order valence-electron chi connectivity index (χ2n) is 3.55. The van der Waals surface area contributed by atoms with Crippen molar-refractivity contribution in [1.82, 2.24) is 9.97 Å². The van der Waals surface area contributed by atoms with E-state index >= 15 is 0 Å². The molecule has 0 saturated carbocycles. The predicted molar refractivity (Wildman–Crippen MR) is 63.0 cm³/mol. The Bertz CT molecular complexity index is 529. The summed E-state index contributed by atoms with van der Waals surface area (Å²) in [5.41, 5.74) is 1.64. The summed E-state index contributed by atoms with van der Waals surface area (Å²) in [6.07, 6.45) is 2.88. The number of imidazole rings is 1. The van der Waals surface area contributed by atoms with Gasteiger partial charge >= 0.3 is 0 Å². The molecule has 1 aromatic heterocycles. The van der Waals surface area contributed by atoms with Crippen LogP contribution >= 0.6 is 0 Å². The van der Waals surface area contributed by atoms with Crippen molar-refractivity contribution in [2.45, 2.75) is 6.92 Å². The normalized spacial score (nSPS) is 9.94. The molecule has 0 saturated heterocycles. The number of rotatable bonds is 3.